The van der Waals surface area contributed by atoms with Crippen LogP contribution in [-0.4, -0.2) is 42.7 Å². The van der Waals surface area contributed by atoms with Gasteiger partial charge in [0.25, 0.3) is 5.91 Å². The van der Waals surface area contributed by atoms with E-state index in [0.29, 0.717) is 24.0 Å². The first-order valence-corrected chi connectivity index (χ1v) is 13.3. The average molecular weight is 482 g/mol. The molecule has 4 rings (SSSR count). The van der Waals surface area contributed by atoms with Crippen LogP contribution in [0.2, 0.25) is 0 Å². The van der Waals surface area contributed by atoms with Crippen molar-refractivity contribution in [1.82, 2.24) is 14.6 Å². The van der Waals surface area contributed by atoms with Crippen LogP contribution in [-0.2, 0) is 16.4 Å². The quantitative estimate of drug-likeness (QED) is 0.536. The molecule has 1 aliphatic heterocycles. The number of benzene rings is 2. The highest BCUT2D eigenvalue weighted by molar-refractivity contribution is 7.89. The first-order chi connectivity index (χ1) is 16.3. The van der Waals surface area contributed by atoms with E-state index in [4.69, 9.17) is 0 Å². The largest absolute Gasteiger partial charge is 0.350 e. The fourth-order valence-corrected chi connectivity index (χ4v) is 5.96. The first-order valence-electron chi connectivity index (χ1n) is 11.9. The minimum absolute atomic E-state index is 0.119. The van der Waals surface area contributed by atoms with Gasteiger partial charge in [-0.05, 0) is 56.4 Å². The molecule has 2 aromatic carbocycles. The van der Waals surface area contributed by atoms with E-state index in [9.17, 15) is 18.0 Å². The first kappa shape index (κ1) is 24.2. The van der Waals surface area contributed by atoms with Crippen molar-refractivity contribution in [3.05, 3.63) is 76.1 Å². The Labute approximate surface area is 200 Å². The second-order valence-corrected chi connectivity index (χ2v) is 10.9. The van der Waals surface area contributed by atoms with E-state index >= 15 is 0 Å². The van der Waals surface area contributed by atoms with Crippen molar-refractivity contribution in [3.8, 4) is 0 Å². The van der Waals surface area contributed by atoms with Gasteiger partial charge in [-0.15, -0.1) is 0 Å². The fraction of sp³-hybridized carbons (Fsp3) is 0.385. The van der Waals surface area contributed by atoms with Gasteiger partial charge in [0.2, 0.25) is 15.6 Å². The van der Waals surface area contributed by atoms with Gasteiger partial charge in [0, 0.05) is 36.1 Å². The maximum absolute atomic E-state index is 13.3. The Bertz CT molecular complexity index is 1310. The molecule has 3 aromatic rings. The van der Waals surface area contributed by atoms with Crippen molar-refractivity contribution in [3.63, 3.8) is 0 Å². The molecule has 1 saturated heterocycles. The summed E-state index contributed by atoms with van der Waals surface area (Å²) in [7, 11) is -3.68. The smallest absolute Gasteiger partial charge is 0.252 e. The molecule has 1 aliphatic rings. The number of amides is 1. The van der Waals surface area contributed by atoms with E-state index in [1.54, 1.807) is 6.07 Å². The molecule has 34 heavy (non-hydrogen) atoms. The number of H-pyrrole nitrogens is 1. The molecule has 1 amide bonds. The third-order valence-corrected chi connectivity index (χ3v) is 8.24. The van der Waals surface area contributed by atoms with Gasteiger partial charge < -0.3 is 10.3 Å². The lowest BCUT2D eigenvalue weighted by Crippen LogP contribution is -2.34. The zero-order chi connectivity index (χ0) is 24.1. The molecular formula is C26H31N3O4S. The number of hydrogen-bond acceptors (Lipinski definition) is 4. The summed E-state index contributed by atoms with van der Waals surface area (Å²) in [6.45, 7) is 2.92. The molecule has 180 valence electrons. The lowest BCUT2D eigenvalue weighted by molar-refractivity contribution is 0.0940. The van der Waals surface area contributed by atoms with Gasteiger partial charge in [-0.25, -0.2) is 8.42 Å². The van der Waals surface area contributed by atoms with E-state index in [0.717, 1.165) is 38.5 Å². The monoisotopic (exact) mass is 481 g/mol. The third kappa shape index (κ3) is 5.56. The maximum atomic E-state index is 13.3. The van der Waals surface area contributed by atoms with Crippen LogP contribution in [0, 0.1) is 0 Å². The summed E-state index contributed by atoms with van der Waals surface area (Å²) in [5.41, 5.74) is 1.40. The number of carbonyl (C=O) groups excluding carboxylic acids is 1. The summed E-state index contributed by atoms with van der Waals surface area (Å²) in [6, 6.07) is 15.7. The Kier molecular flexibility index (Phi) is 7.48. The highest BCUT2D eigenvalue weighted by atomic mass is 32.2. The van der Waals surface area contributed by atoms with Crippen molar-refractivity contribution in [1.29, 1.82) is 0 Å². The van der Waals surface area contributed by atoms with Crippen LogP contribution >= 0.6 is 0 Å². The summed E-state index contributed by atoms with van der Waals surface area (Å²) < 4.78 is 28.1. The van der Waals surface area contributed by atoms with Crippen LogP contribution in [0.4, 0.5) is 0 Å². The van der Waals surface area contributed by atoms with Crippen molar-refractivity contribution in [2.24, 2.45) is 0 Å². The normalized spacial score (nSPS) is 16.1. The maximum Gasteiger partial charge on any atom is 0.252 e. The molecule has 0 unspecified atom stereocenters. The topological polar surface area (TPSA) is 99.3 Å². The lowest BCUT2D eigenvalue weighted by Gasteiger charge is -2.20. The number of hydrogen-bond donors (Lipinski definition) is 2. The van der Waals surface area contributed by atoms with Gasteiger partial charge >= 0.3 is 0 Å². The summed E-state index contributed by atoms with van der Waals surface area (Å²) in [4.78, 5) is 28.2. The number of carbonyl (C=O) groups is 1. The molecular weight excluding hydrogens is 450 g/mol. The van der Waals surface area contributed by atoms with Gasteiger partial charge in [0.1, 0.15) is 0 Å². The van der Waals surface area contributed by atoms with Crippen LogP contribution in [0.1, 0.15) is 54.9 Å². The second kappa shape index (κ2) is 10.5. The van der Waals surface area contributed by atoms with Gasteiger partial charge in [0.05, 0.1) is 10.5 Å². The van der Waals surface area contributed by atoms with Gasteiger partial charge in [-0.1, -0.05) is 43.2 Å². The number of pyridine rings is 1. The molecule has 0 saturated carbocycles. The minimum atomic E-state index is -3.68. The predicted octanol–water partition coefficient (Wildman–Crippen LogP) is 3.84. The number of nitrogens with one attached hydrogen (secondary N) is 2. The lowest BCUT2D eigenvalue weighted by atomic mass is 10.0. The number of aromatic nitrogens is 1. The minimum Gasteiger partial charge on any atom is -0.350 e. The number of aryl methyl sites for hydroxylation is 1. The van der Waals surface area contributed by atoms with Gasteiger partial charge in [-0.3, -0.25) is 9.59 Å². The Morgan fingerprint density at radius 2 is 1.74 bits per heavy atom. The van der Waals surface area contributed by atoms with Gasteiger partial charge in [-0.2, -0.15) is 4.31 Å². The highest BCUT2D eigenvalue weighted by Crippen LogP contribution is 2.25. The number of sulfonamides is 1. The van der Waals surface area contributed by atoms with Gasteiger partial charge in [0.15, 0.2) is 0 Å². The van der Waals surface area contributed by atoms with Crippen molar-refractivity contribution in [2.45, 2.75) is 56.4 Å². The van der Waals surface area contributed by atoms with Crippen LogP contribution in [0.25, 0.3) is 10.9 Å². The molecule has 1 fully saturated rings. The van der Waals surface area contributed by atoms with Crippen LogP contribution in [0.3, 0.4) is 0 Å². The van der Waals surface area contributed by atoms with E-state index in [-0.39, 0.29) is 22.4 Å². The molecule has 2 heterocycles. The second-order valence-electron chi connectivity index (χ2n) is 8.97. The SMILES string of the molecule is C[C@H](CCc1ccccc1)NC(=O)c1cc(=O)[nH]c2ccc(S(=O)(=O)N3CCCCCC3)cc12. The highest BCUT2D eigenvalue weighted by Gasteiger charge is 2.26. The van der Waals surface area contributed by atoms with E-state index in [1.807, 2.05) is 37.3 Å². The zero-order valence-electron chi connectivity index (χ0n) is 19.4. The molecule has 1 atom stereocenters. The molecule has 0 aliphatic carbocycles. The molecule has 0 radical (unpaired) electrons. The van der Waals surface area contributed by atoms with Crippen molar-refractivity contribution >= 4 is 26.8 Å². The zero-order valence-corrected chi connectivity index (χ0v) is 20.2. The summed E-state index contributed by atoms with van der Waals surface area (Å²) in [5.74, 6) is -0.388. The number of rotatable bonds is 7. The summed E-state index contributed by atoms with van der Waals surface area (Å²) in [5, 5.41) is 3.38. The standard InChI is InChI=1S/C26H31N3O4S/c1-19(11-12-20-9-5-4-6-10-20)27-26(31)23-18-25(30)28-24-14-13-21(17-22(23)24)34(32,33)29-15-7-2-3-8-16-29/h4-6,9-10,13-14,17-19H,2-3,7-8,11-12,15-16H2,1H3,(H,27,31)(H,28,30)/t19-/m1/s1. The molecule has 0 bridgehead atoms. The van der Waals surface area contributed by atoms with Crippen LogP contribution < -0.4 is 10.9 Å². The Morgan fingerprint density at radius 3 is 2.44 bits per heavy atom. The number of fused-ring (bicyclic) bond motifs is 1. The Hall–Kier alpha value is -2.97. The average Bonchev–Trinajstić information content (AvgIpc) is 3.13. The van der Waals surface area contributed by atoms with Crippen molar-refractivity contribution < 1.29 is 13.2 Å². The molecule has 1 aromatic heterocycles. The molecule has 7 nitrogen and oxygen atoms in total. The van der Waals surface area contributed by atoms with E-state index in [1.165, 1.54) is 28.1 Å². The number of nitrogens with zero attached hydrogens (tertiary/aromatic N) is 1. The molecule has 8 heteroatoms. The predicted molar refractivity (Wildman–Crippen MR) is 133 cm³/mol. The van der Waals surface area contributed by atoms with E-state index < -0.39 is 15.6 Å². The summed E-state index contributed by atoms with van der Waals surface area (Å²) >= 11 is 0. The Balaban J connectivity index is 1.59. The molecule has 2 N–H and O–H groups in total. The number of aromatic amines is 1. The van der Waals surface area contributed by atoms with Crippen LogP contribution in [0.5, 0.6) is 0 Å². The molecule has 0 spiro atoms. The van der Waals surface area contributed by atoms with Crippen LogP contribution in [0.15, 0.2) is 64.3 Å². The Morgan fingerprint density at radius 1 is 1.03 bits per heavy atom. The third-order valence-electron chi connectivity index (χ3n) is 6.35. The van der Waals surface area contributed by atoms with E-state index in [2.05, 4.69) is 10.3 Å². The fourth-order valence-electron chi connectivity index (χ4n) is 4.41. The summed E-state index contributed by atoms with van der Waals surface area (Å²) in [6.07, 6.45) is 5.29. The van der Waals surface area contributed by atoms with Crippen molar-refractivity contribution in [2.75, 3.05) is 13.1 Å².